The summed E-state index contributed by atoms with van der Waals surface area (Å²) in [5, 5.41) is 10.5. The zero-order chi connectivity index (χ0) is 13.4. The molecule has 0 saturated carbocycles. The molecule has 0 atom stereocenters. The molecule has 2 N–H and O–H groups in total. The molecule has 3 rings (SSSR count). The number of ether oxygens (including phenoxy) is 2. The Morgan fingerprint density at radius 2 is 2.21 bits per heavy atom. The van der Waals surface area contributed by atoms with Gasteiger partial charge in [0.1, 0.15) is 0 Å². The summed E-state index contributed by atoms with van der Waals surface area (Å²) in [4.78, 5) is 0. The highest BCUT2D eigenvalue weighted by Crippen LogP contribution is 2.40. The Morgan fingerprint density at radius 1 is 1.37 bits per heavy atom. The minimum Gasteiger partial charge on any atom is -0.454 e. The fourth-order valence-electron chi connectivity index (χ4n) is 2.12. The molecule has 6 heteroatoms. The van der Waals surface area contributed by atoms with Crippen LogP contribution in [-0.4, -0.2) is 17.0 Å². The van der Waals surface area contributed by atoms with Gasteiger partial charge in [0.2, 0.25) is 6.79 Å². The Bertz CT molecular complexity index is 605. The number of fused-ring (bicyclic) bond motifs is 1. The Balaban J connectivity index is 1.79. The first-order chi connectivity index (χ1) is 9.15. The van der Waals surface area contributed by atoms with Crippen LogP contribution in [0.1, 0.15) is 17.0 Å². The zero-order valence-electron chi connectivity index (χ0n) is 10.7. The molecule has 2 aromatic rings. The van der Waals surface area contributed by atoms with Crippen molar-refractivity contribution in [2.75, 3.05) is 12.1 Å². The van der Waals surface area contributed by atoms with Crippen molar-refractivity contribution in [3.05, 3.63) is 33.6 Å². The van der Waals surface area contributed by atoms with Crippen molar-refractivity contribution in [3.8, 4) is 11.5 Å². The van der Waals surface area contributed by atoms with Gasteiger partial charge in [-0.15, -0.1) is 0 Å². The lowest BCUT2D eigenvalue weighted by Gasteiger charge is -2.08. The van der Waals surface area contributed by atoms with Gasteiger partial charge in [0.25, 0.3) is 0 Å². The molecule has 1 aromatic carbocycles. The Hall–Kier alpha value is -1.69. The van der Waals surface area contributed by atoms with E-state index < -0.39 is 0 Å². The molecule has 0 fully saturated rings. The van der Waals surface area contributed by atoms with Crippen molar-refractivity contribution in [1.29, 1.82) is 0 Å². The number of aromatic amines is 1. The second-order valence-electron chi connectivity index (χ2n) is 4.47. The lowest BCUT2D eigenvalue weighted by atomic mass is 10.2. The highest BCUT2D eigenvalue weighted by Gasteiger charge is 2.18. The van der Waals surface area contributed by atoms with Crippen molar-refractivity contribution in [1.82, 2.24) is 10.2 Å². The highest BCUT2D eigenvalue weighted by atomic mass is 79.9. The fourth-order valence-corrected chi connectivity index (χ4v) is 2.73. The average Bonchev–Trinajstić information content (AvgIpc) is 2.96. The lowest BCUT2D eigenvalue weighted by Crippen LogP contribution is -2.01. The van der Waals surface area contributed by atoms with Crippen molar-refractivity contribution < 1.29 is 9.47 Å². The van der Waals surface area contributed by atoms with E-state index in [-0.39, 0.29) is 6.79 Å². The van der Waals surface area contributed by atoms with Crippen LogP contribution in [0.4, 0.5) is 5.69 Å². The summed E-state index contributed by atoms with van der Waals surface area (Å²) >= 11 is 3.49. The van der Waals surface area contributed by atoms with E-state index in [0.717, 1.165) is 38.6 Å². The largest absolute Gasteiger partial charge is 0.454 e. The molecule has 2 heterocycles. The monoisotopic (exact) mass is 323 g/mol. The fraction of sp³-hybridized carbons (Fsp3) is 0.308. The van der Waals surface area contributed by atoms with E-state index in [2.05, 4.69) is 31.4 Å². The Morgan fingerprint density at radius 3 is 2.95 bits per heavy atom. The minimum atomic E-state index is 0.283. The first-order valence-corrected chi connectivity index (χ1v) is 6.78. The topological polar surface area (TPSA) is 59.2 Å². The van der Waals surface area contributed by atoms with E-state index in [1.807, 2.05) is 26.0 Å². The number of anilines is 1. The van der Waals surface area contributed by atoms with Crippen molar-refractivity contribution in [2.45, 2.75) is 20.4 Å². The van der Waals surface area contributed by atoms with E-state index in [1.54, 1.807) is 0 Å². The number of H-pyrrole nitrogens is 1. The molecular formula is C13H14BrN3O2. The van der Waals surface area contributed by atoms with Gasteiger partial charge < -0.3 is 14.8 Å². The van der Waals surface area contributed by atoms with Gasteiger partial charge in [-0.05, 0) is 47.5 Å². The predicted molar refractivity (Wildman–Crippen MR) is 75.7 cm³/mol. The molecular weight excluding hydrogens is 310 g/mol. The smallest absolute Gasteiger partial charge is 0.231 e. The summed E-state index contributed by atoms with van der Waals surface area (Å²) in [6.07, 6.45) is 0. The summed E-state index contributed by atoms with van der Waals surface area (Å²) < 4.78 is 11.7. The van der Waals surface area contributed by atoms with Crippen LogP contribution in [0.25, 0.3) is 0 Å². The van der Waals surface area contributed by atoms with Crippen LogP contribution in [0.5, 0.6) is 11.5 Å². The molecule has 1 aliphatic heterocycles. The van der Waals surface area contributed by atoms with Crippen LogP contribution in [0, 0.1) is 13.8 Å². The number of aryl methyl sites for hydroxylation is 2. The molecule has 1 aromatic heterocycles. The summed E-state index contributed by atoms with van der Waals surface area (Å²) in [5.74, 6) is 1.56. The number of halogens is 1. The van der Waals surface area contributed by atoms with Crippen molar-refractivity contribution in [2.24, 2.45) is 0 Å². The molecule has 0 aliphatic carbocycles. The Labute approximate surface area is 119 Å². The molecule has 0 unspecified atom stereocenters. The van der Waals surface area contributed by atoms with Crippen molar-refractivity contribution in [3.63, 3.8) is 0 Å². The van der Waals surface area contributed by atoms with Gasteiger partial charge in [0, 0.05) is 6.54 Å². The number of nitrogens with one attached hydrogen (secondary N) is 2. The third-order valence-electron chi connectivity index (χ3n) is 3.08. The summed E-state index contributed by atoms with van der Waals surface area (Å²) in [6.45, 7) is 4.96. The standard InChI is InChI=1S/C13H14BrN3O2/c1-7-12(8(2)17-16-7)15-5-9-3-10(14)13-11(4-9)18-6-19-13/h3-4,15H,5-6H2,1-2H3,(H,16,17). The van der Waals surface area contributed by atoms with Crippen LogP contribution in [0.15, 0.2) is 16.6 Å². The van der Waals surface area contributed by atoms with Crippen LogP contribution < -0.4 is 14.8 Å². The number of rotatable bonds is 3. The Kier molecular flexibility index (Phi) is 3.10. The summed E-state index contributed by atoms with van der Waals surface area (Å²) in [7, 11) is 0. The SMILES string of the molecule is Cc1n[nH]c(C)c1NCc1cc(Br)c2c(c1)OCO2. The maximum absolute atomic E-state index is 5.41. The van der Waals surface area contributed by atoms with E-state index in [9.17, 15) is 0 Å². The predicted octanol–water partition coefficient (Wildman–Crippen LogP) is 3.13. The molecule has 0 spiro atoms. The van der Waals surface area contributed by atoms with Gasteiger partial charge in [-0.3, -0.25) is 5.10 Å². The maximum atomic E-state index is 5.41. The molecule has 0 amide bonds. The van der Waals surface area contributed by atoms with E-state index in [1.165, 1.54) is 0 Å². The summed E-state index contributed by atoms with van der Waals surface area (Å²) in [5.41, 5.74) is 4.18. The summed E-state index contributed by atoms with van der Waals surface area (Å²) in [6, 6.07) is 4.02. The van der Waals surface area contributed by atoms with Crippen LogP contribution >= 0.6 is 15.9 Å². The molecule has 5 nitrogen and oxygen atoms in total. The van der Waals surface area contributed by atoms with Crippen LogP contribution in [0.3, 0.4) is 0 Å². The van der Waals surface area contributed by atoms with Gasteiger partial charge >= 0.3 is 0 Å². The normalized spacial score (nSPS) is 12.8. The first-order valence-electron chi connectivity index (χ1n) is 5.98. The molecule has 0 bridgehead atoms. The molecule has 19 heavy (non-hydrogen) atoms. The quantitative estimate of drug-likeness (QED) is 0.911. The van der Waals surface area contributed by atoms with Gasteiger partial charge in [0.15, 0.2) is 11.5 Å². The maximum Gasteiger partial charge on any atom is 0.231 e. The average molecular weight is 324 g/mol. The second kappa shape index (κ2) is 4.77. The van der Waals surface area contributed by atoms with E-state index in [0.29, 0.717) is 6.54 Å². The van der Waals surface area contributed by atoms with Crippen molar-refractivity contribution >= 4 is 21.6 Å². The molecule has 1 aliphatic rings. The number of benzene rings is 1. The molecule has 0 saturated heterocycles. The van der Waals surface area contributed by atoms with Gasteiger partial charge in [-0.25, -0.2) is 0 Å². The highest BCUT2D eigenvalue weighted by molar-refractivity contribution is 9.10. The number of hydrogen-bond donors (Lipinski definition) is 2. The lowest BCUT2D eigenvalue weighted by molar-refractivity contribution is 0.173. The number of aromatic nitrogens is 2. The number of hydrogen-bond acceptors (Lipinski definition) is 4. The number of nitrogens with zero attached hydrogens (tertiary/aromatic N) is 1. The van der Waals surface area contributed by atoms with Gasteiger partial charge in [-0.2, -0.15) is 5.10 Å². The van der Waals surface area contributed by atoms with Crippen LogP contribution in [-0.2, 0) is 6.54 Å². The minimum absolute atomic E-state index is 0.283. The van der Waals surface area contributed by atoms with Crippen LogP contribution in [0.2, 0.25) is 0 Å². The third kappa shape index (κ3) is 2.28. The zero-order valence-corrected chi connectivity index (χ0v) is 12.3. The second-order valence-corrected chi connectivity index (χ2v) is 5.33. The first kappa shape index (κ1) is 12.3. The van der Waals surface area contributed by atoms with E-state index >= 15 is 0 Å². The van der Waals surface area contributed by atoms with Gasteiger partial charge in [0.05, 0.1) is 21.5 Å². The third-order valence-corrected chi connectivity index (χ3v) is 3.67. The molecule has 100 valence electrons. The van der Waals surface area contributed by atoms with E-state index in [4.69, 9.17) is 9.47 Å². The molecule has 0 radical (unpaired) electrons. The van der Waals surface area contributed by atoms with Gasteiger partial charge in [-0.1, -0.05) is 0 Å².